The van der Waals surface area contributed by atoms with Crippen LogP contribution in [0, 0.1) is 6.92 Å². The lowest BCUT2D eigenvalue weighted by molar-refractivity contribution is 0.101. The van der Waals surface area contributed by atoms with Gasteiger partial charge in [-0.3, -0.25) is 4.79 Å². The minimum atomic E-state index is 0.0658. The van der Waals surface area contributed by atoms with E-state index in [1.54, 1.807) is 19.1 Å². The highest BCUT2D eigenvalue weighted by Crippen LogP contribution is 2.18. The van der Waals surface area contributed by atoms with E-state index in [-0.39, 0.29) is 11.5 Å². The Kier molecular flexibility index (Phi) is 3.81. The van der Waals surface area contributed by atoms with Crippen LogP contribution in [0.5, 0.6) is 5.75 Å². The van der Waals surface area contributed by atoms with E-state index in [1.165, 1.54) is 0 Å². The van der Waals surface area contributed by atoms with Gasteiger partial charge in [0.25, 0.3) is 0 Å². The summed E-state index contributed by atoms with van der Waals surface area (Å²) in [4.78, 5) is 11.3. The summed E-state index contributed by atoms with van der Waals surface area (Å²) in [7, 11) is 0. The Morgan fingerprint density at radius 1 is 1.11 bits per heavy atom. The van der Waals surface area contributed by atoms with Crippen molar-refractivity contribution in [1.29, 1.82) is 0 Å². The van der Waals surface area contributed by atoms with Gasteiger partial charge in [0, 0.05) is 5.56 Å². The fourth-order valence-corrected chi connectivity index (χ4v) is 1.89. The summed E-state index contributed by atoms with van der Waals surface area (Å²) in [5.74, 6) is 0.337. The van der Waals surface area contributed by atoms with Crippen molar-refractivity contribution in [2.24, 2.45) is 0 Å². The highest BCUT2D eigenvalue weighted by molar-refractivity contribution is 5.94. The van der Waals surface area contributed by atoms with E-state index in [4.69, 9.17) is 0 Å². The van der Waals surface area contributed by atoms with Crippen LogP contribution in [0.2, 0.25) is 0 Å². The second kappa shape index (κ2) is 5.53. The third kappa shape index (κ3) is 3.32. The van der Waals surface area contributed by atoms with Gasteiger partial charge >= 0.3 is 0 Å². The predicted octanol–water partition coefficient (Wildman–Crippen LogP) is 4.07. The number of aryl methyl sites for hydroxylation is 1. The first-order valence-corrected chi connectivity index (χ1v) is 6.15. The molecule has 0 heterocycles. The zero-order valence-electron chi connectivity index (χ0n) is 11.1. The van der Waals surface area contributed by atoms with Gasteiger partial charge in [0.2, 0.25) is 0 Å². The number of hydrogen-bond donors (Lipinski definition) is 1. The van der Waals surface area contributed by atoms with Gasteiger partial charge in [-0.05, 0) is 48.7 Å². The SMILES string of the molecule is CC(=O)c1cccc(/C=C/c2ccc(O)cc2C)c1. The normalized spacial score (nSPS) is 10.8. The molecule has 0 bridgehead atoms. The molecule has 0 atom stereocenters. The summed E-state index contributed by atoms with van der Waals surface area (Å²) >= 11 is 0. The van der Waals surface area contributed by atoms with Crippen LogP contribution in [0.15, 0.2) is 42.5 Å². The molecule has 2 nitrogen and oxygen atoms in total. The zero-order valence-corrected chi connectivity index (χ0v) is 11.1. The van der Waals surface area contributed by atoms with Crippen molar-refractivity contribution in [1.82, 2.24) is 0 Å². The number of rotatable bonds is 3. The molecule has 0 radical (unpaired) electrons. The van der Waals surface area contributed by atoms with E-state index in [0.29, 0.717) is 5.56 Å². The summed E-state index contributed by atoms with van der Waals surface area (Å²) in [5, 5.41) is 9.36. The molecule has 0 spiro atoms. The molecular weight excluding hydrogens is 236 g/mol. The molecule has 2 aromatic rings. The highest BCUT2D eigenvalue weighted by Gasteiger charge is 1.99. The maximum Gasteiger partial charge on any atom is 0.159 e. The molecule has 0 saturated carbocycles. The molecule has 2 heteroatoms. The molecular formula is C17H16O2. The lowest BCUT2D eigenvalue weighted by atomic mass is 10.0. The number of hydrogen-bond acceptors (Lipinski definition) is 2. The average molecular weight is 252 g/mol. The highest BCUT2D eigenvalue weighted by atomic mass is 16.3. The van der Waals surface area contributed by atoms with Crippen molar-refractivity contribution in [2.75, 3.05) is 0 Å². The van der Waals surface area contributed by atoms with Crippen molar-refractivity contribution in [3.63, 3.8) is 0 Å². The van der Waals surface area contributed by atoms with Crippen LogP contribution in [0.1, 0.15) is 34.0 Å². The minimum Gasteiger partial charge on any atom is -0.508 e. The quantitative estimate of drug-likeness (QED) is 0.660. The van der Waals surface area contributed by atoms with Crippen LogP contribution < -0.4 is 0 Å². The van der Waals surface area contributed by atoms with Gasteiger partial charge in [-0.25, -0.2) is 0 Å². The number of phenolic OH excluding ortho intramolecular Hbond substituents is 1. The Bertz CT molecular complexity index is 639. The van der Waals surface area contributed by atoms with Gasteiger partial charge < -0.3 is 5.11 Å². The maximum absolute atomic E-state index is 11.3. The molecule has 19 heavy (non-hydrogen) atoms. The van der Waals surface area contributed by atoms with Crippen molar-refractivity contribution < 1.29 is 9.90 Å². The fourth-order valence-electron chi connectivity index (χ4n) is 1.89. The molecule has 0 aliphatic carbocycles. The largest absolute Gasteiger partial charge is 0.508 e. The van der Waals surface area contributed by atoms with Crippen LogP contribution in [0.3, 0.4) is 0 Å². The molecule has 0 aliphatic heterocycles. The van der Waals surface area contributed by atoms with Crippen LogP contribution in [0.25, 0.3) is 12.2 Å². The van der Waals surface area contributed by atoms with Gasteiger partial charge in [-0.15, -0.1) is 0 Å². The minimum absolute atomic E-state index is 0.0658. The lowest BCUT2D eigenvalue weighted by Crippen LogP contribution is -1.91. The summed E-state index contributed by atoms with van der Waals surface area (Å²) in [6.07, 6.45) is 3.94. The van der Waals surface area contributed by atoms with Crippen LogP contribution in [-0.4, -0.2) is 10.9 Å². The molecule has 0 aliphatic rings. The monoisotopic (exact) mass is 252 g/mol. The number of ketones is 1. The predicted molar refractivity (Wildman–Crippen MR) is 78.2 cm³/mol. The third-order valence-electron chi connectivity index (χ3n) is 3.00. The Morgan fingerprint density at radius 3 is 2.58 bits per heavy atom. The summed E-state index contributed by atoms with van der Waals surface area (Å²) < 4.78 is 0. The standard InChI is InChI=1S/C17H16O2/c1-12-10-17(19)9-8-15(12)7-6-14-4-3-5-16(11-14)13(2)18/h3-11,19H,1-2H3/b7-6+. The number of carbonyl (C=O) groups is 1. The molecule has 2 rings (SSSR count). The summed E-state index contributed by atoms with van der Waals surface area (Å²) in [6, 6.07) is 12.8. The molecule has 96 valence electrons. The van der Waals surface area contributed by atoms with E-state index in [1.807, 2.05) is 49.4 Å². The fraction of sp³-hybridized carbons (Fsp3) is 0.118. The zero-order chi connectivity index (χ0) is 13.8. The molecule has 0 fully saturated rings. The summed E-state index contributed by atoms with van der Waals surface area (Å²) in [5.41, 5.74) is 3.76. The van der Waals surface area contributed by atoms with E-state index >= 15 is 0 Å². The first kappa shape index (κ1) is 13.1. The molecule has 0 saturated heterocycles. The van der Waals surface area contributed by atoms with Gasteiger partial charge in [0.1, 0.15) is 5.75 Å². The number of Topliss-reactive ketones (excluding diaryl/α,β-unsaturated/α-hetero) is 1. The number of carbonyl (C=O) groups excluding carboxylic acids is 1. The Morgan fingerprint density at radius 2 is 1.89 bits per heavy atom. The first-order chi connectivity index (χ1) is 9.06. The second-order valence-electron chi connectivity index (χ2n) is 4.56. The second-order valence-corrected chi connectivity index (χ2v) is 4.56. The molecule has 1 N–H and O–H groups in total. The lowest BCUT2D eigenvalue weighted by Gasteiger charge is -2.01. The van der Waals surface area contributed by atoms with Gasteiger partial charge in [0.15, 0.2) is 5.78 Å². The molecule has 0 unspecified atom stereocenters. The third-order valence-corrected chi connectivity index (χ3v) is 3.00. The van der Waals surface area contributed by atoms with Crippen molar-refractivity contribution in [3.8, 4) is 5.75 Å². The first-order valence-electron chi connectivity index (χ1n) is 6.15. The molecule has 0 aromatic heterocycles. The van der Waals surface area contributed by atoms with Crippen molar-refractivity contribution in [3.05, 3.63) is 64.7 Å². The van der Waals surface area contributed by atoms with E-state index < -0.39 is 0 Å². The molecule has 2 aromatic carbocycles. The summed E-state index contributed by atoms with van der Waals surface area (Å²) in [6.45, 7) is 3.51. The topological polar surface area (TPSA) is 37.3 Å². The van der Waals surface area contributed by atoms with Crippen LogP contribution >= 0.6 is 0 Å². The smallest absolute Gasteiger partial charge is 0.159 e. The van der Waals surface area contributed by atoms with E-state index in [9.17, 15) is 9.90 Å². The van der Waals surface area contributed by atoms with Crippen LogP contribution in [-0.2, 0) is 0 Å². The van der Waals surface area contributed by atoms with Gasteiger partial charge in [-0.2, -0.15) is 0 Å². The Balaban J connectivity index is 2.27. The Labute approximate surface area is 113 Å². The van der Waals surface area contributed by atoms with Gasteiger partial charge in [0.05, 0.1) is 0 Å². The number of benzene rings is 2. The number of aromatic hydroxyl groups is 1. The Hall–Kier alpha value is -2.35. The van der Waals surface area contributed by atoms with Crippen LogP contribution in [0.4, 0.5) is 0 Å². The molecule has 0 amide bonds. The maximum atomic E-state index is 11.3. The van der Waals surface area contributed by atoms with Crippen molar-refractivity contribution in [2.45, 2.75) is 13.8 Å². The van der Waals surface area contributed by atoms with E-state index in [0.717, 1.165) is 16.7 Å². The van der Waals surface area contributed by atoms with E-state index in [2.05, 4.69) is 0 Å². The number of phenols is 1. The van der Waals surface area contributed by atoms with Crippen molar-refractivity contribution >= 4 is 17.9 Å². The van der Waals surface area contributed by atoms with Gasteiger partial charge in [-0.1, -0.05) is 36.4 Å². The average Bonchev–Trinajstić information content (AvgIpc) is 2.38.